The molecule has 124 valence electrons. The molecule has 0 radical (unpaired) electrons. The molecule has 0 spiro atoms. The Bertz CT molecular complexity index is 590. The Hall–Kier alpha value is -1.72. The lowest BCUT2D eigenvalue weighted by Crippen LogP contribution is -2.50. The molecule has 0 aromatic heterocycles. The molecule has 2 atom stereocenters. The van der Waals surface area contributed by atoms with E-state index in [4.69, 9.17) is 4.55 Å². The highest BCUT2D eigenvalue weighted by molar-refractivity contribution is 7.80. The molecule has 2 aliphatic heterocycles. The molecule has 10 nitrogen and oxygen atoms in total. The van der Waals surface area contributed by atoms with Crippen molar-refractivity contribution in [2.75, 3.05) is 13.1 Å². The molecule has 2 aliphatic rings. The first-order chi connectivity index (χ1) is 10.2. The van der Waals surface area contributed by atoms with E-state index in [1.807, 2.05) is 0 Å². The summed E-state index contributed by atoms with van der Waals surface area (Å²) in [7, 11) is -4.81. The van der Waals surface area contributed by atoms with Gasteiger partial charge in [0.05, 0.1) is 12.6 Å². The monoisotopic (exact) mass is 335 g/mol. The fourth-order valence-electron chi connectivity index (χ4n) is 2.53. The SMILES string of the molecule is CCC(=O)CNC(=O)[C@@H]1CC[C@@H]2CN1C(=O)N2OS(=O)(=O)O. The van der Waals surface area contributed by atoms with Crippen LogP contribution >= 0.6 is 0 Å². The zero-order valence-electron chi connectivity index (χ0n) is 11.9. The first kappa shape index (κ1) is 16.6. The summed E-state index contributed by atoms with van der Waals surface area (Å²) >= 11 is 0. The Morgan fingerprint density at radius 2 is 2.09 bits per heavy atom. The molecule has 11 heteroatoms. The lowest BCUT2D eigenvalue weighted by molar-refractivity contribution is -0.128. The van der Waals surface area contributed by atoms with Gasteiger partial charge in [-0.3, -0.25) is 14.1 Å². The summed E-state index contributed by atoms with van der Waals surface area (Å²) in [5.74, 6) is -0.603. The second kappa shape index (κ2) is 6.18. The highest BCUT2D eigenvalue weighted by Crippen LogP contribution is 2.30. The molecule has 0 unspecified atom stereocenters. The fourth-order valence-corrected chi connectivity index (χ4v) is 2.92. The average Bonchev–Trinajstić information content (AvgIpc) is 2.68. The minimum atomic E-state index is -4.81. The van der Waals surface area contributed by atoms with Gasteiger partial charge < -0.3 is 10.2 Å². The number of nitrogens with zero attached hydrogens (tertiary/aromatic N) is 2. The summed E-state index contributed by atoms with van der Waals surface area (Å²) in [6, 6.07) is -2.14. The van der Waals surface area contributed by atoms with Gasteiger partial charge in [0.2, 0.25) is 5.91 Å². The highest BCUT2D eigenvalue weighted by Gasteiger charge is 2.49. The maximum absolute atomic E-state index is 12.1. The summed E-state index contributed by atoms with van der Waals surface area (Å²) in [5.41, 5.74) is 0. The first-order valence-corrected chi connectivity index (χ1v) is 8.15. The van der Waals surface area contributed by atoms with Gasteiger partial charge in [0.15, 0.2) is 5.78 Å². The quantitative estimate of drug-likeness (QED) is 0.600. The molecule has 0 saturated carbocycles. The number of ketones is 1. The number of amides is 3. The number of carbonyl (C=O) groups excluding carboxylic acids is 3. The first-order valence-electron chi connectivity index (χ1n) is 6.79. The van der Waals surface area contributed by atoms with Gasteiger partial charge in [-0.25, -0.2) is 4.79 Å². The van der Waals surface area contributed by atoms with E-state index in [1.54, 1.807) is 6.92 Å². The number of hydrogen-bond acceptors (Lipinski definition) is 6. The van der Waals surface area contributed by atoms with Gasteiger partial charge in [0.1, 0.15) is 6.04 Å². The third-order valence-electron chi connectivity index (χ3n) is 3.65. The number of piperidine rings is 1. The third-order valence-corrected chi connectivity index (χ3v) is 4.00. The molecule has 2 saturated heterocycles. The fraction of sp³-hybridized carbons (Fsp3) is 0.727. The molecule has 2 fully saturated rings. The van der Waals surface area contributed by atoms with E-state index in [0.717, 1.165) is 0 Å². The third kappa shape index (κ3) is 3.54. The van der Waals surface area contributed by atoms with E-state index in [0.29, 0.717) is 24.3 Å². The van der Waals surface area contributed by atoms with Crippen molar-refractivity contribution in [3.05, 3.63) is 0 Å². The van der Waals surface area contributed by atoms with Crippen LogP contribution in [0.3, 0.4) is 0 Å². The van der Waals surface area contributed by atoms with Crippen LogP contribution in [-0.2, 0) is 24.3 Å². The molecular weight excluding hydrogens is 318 g/mol. The van der Waals surface area contributed by atoms with Gasteiger partial charge in [-0.1, -0.05) is 6.92 Å². The van der Waals surface area contributed by atoms with Gasteiger partial charge in [-0.05, 0) is 12.8 Å². The van der Waals surface area contributed by atoms with Gasteiger partial charge in [0.25, 0.3) is 0 Å². The Kier molecular flexibility index (Phi) is 4.68. The second-order valence-electron chi connectivity index (χ2n) is 5.12. The van der Waals surface area contributed by atoms with E-state index >= 15 is 0 Å². The number of carbonyl (C=O) groups is 3. The minimum Gasteiger partial charge on any atom is -0.347 e. The molecule has 2 heterocycles. The lowest BCUT2D eigenvalue weighted by Gasteiger charge is -2.29. The number of Topliss-reactive ketones (excluding diaryl/α,β-unsaturated/α-hetero) is 1. The number of nitrogens with one attached hydrogen (secondary N) is 1. The maximum Gasteiger partial charge on any atom is 0.418 e. The van der Waals surface area contributed by atoms with Crippen molar-refractivity contribution >= 4 is 28.1 Å². The van der Waals surface area contributed by atoms with Gasteiger partial charge >= 0.3 is 16.4 Å². The minimum absolute atomic E-state index is 0.109. The van der Waals surface area contributed by atoms with Crippen molar-refractivity contribution in [2.24, 2.45) is 0 Å². The second-order valence-corrected chi connectivity index (χ2v) is 6.12. The van der Waals surface area contributed by atoms with E-state index in [9.17, 15) is 22.8 Å². The molecule has 2 N–H and O–H groups in total. The summed E-state index contributed by atoms with van der Waals surface area (Å²) in [6.45, 7) is 1.69. The number of hydroxylamine groups is 2. The maximum atomic E-state index is 12.1. The van der Waals surface area contributed by atoms with Crippen molar-refractivity contribution < 1.29 is 31.6 Å². The van der Waals surface area contributed by atoms with Crippen molar-refractivity contribution in [3.8, 4) is 0 Å². The van der Waals surface area contributed by atoms with E-state index in [-0.39, 0.29) is 18.9 Å². The molecule has 0 aliphatic carbocycles. The smallest absolute Gasteiger partial charge is 0.347 e. The van der Waals surface area contributed by atoms with Crippen LogP contribution in [0.4, 0.5) is 4.79 Å². The molecule has 0 aromatic carbocycles. The molecule has 2 bridgehead atoms. The van der Waals surface area contributed by atoms with Crippen molar-refractivity contribution in [3.63, 3.8) is 0 Å². The zero-order chi connectivity index (χ0) is 16.5. The highest BCUT2D eigenvalue weighted by atomic mass is 32.3. The molecular formula is C11H17N3O7S. The Morgan fingerprint density at radius 1 is 1.41 bits per heavy atom. The standard InChI is InChI=1S/C11H17N3O7S/c1-2-8(15)5-12-10(16)9-4-3-7-6-13(9)11(17)14(7)21-22(18,19)20/h7,9H,2-6H2,1H3,(H,12,16)(H,18,19,20)/t7-,9+/m1/s1. The largest absolute Gasteiger partial charge is 0.418 e. The van der Waals surface area contributed by atoms with Crippen LogP contribution in [0.2, 0.25) is 0 Å². The predicted octanol–water partition coefficient (Wildman–Crippen LogP) is -0.915. The van der Waals surface area contributed by atoms with Crippen LogP contribution in [0.25, 0.3) is 0 Å². The van der Waals surface area contributed by atoms with Gasteiger partial charge in [0, 0.05) is 13.0 Å². The van der Waals surface area contributed by atoms with Gasteiger partial charge in [-0.15, -0.1) is 4.28 Å². The zero-order valence-corrected chi connectivity index (χ0v) is 12.7. The van der Waals surface area contributed by atoms with Crippen LogP contribution in [0.1, 0.15) is 26.2 Å². The number of fused-ring (bicyclic) bond motifs is 2. The Labute approximate surface area is 127 Å². The summed E-state index contributed by atoms with van der Waals surface area (Å²) in [4.78, 5) is 36.5. The summed E-state index contributed by atoms with van der Waals surface area (Å²) < 4.78 is 34.4. The van der Waals surface area contributed by atoms with Crippen molar-refractivity contribution in [1.82, 2.24) is 15.3 Å². The normalized spacial score (nSPS) is 24.5. The van der Waals surface area contributed by atoms with Gasteiger partial charge in [-0.2, -0.15) is 13.5 Å². The van der Waals surface area contributed by atoms with E-state index in [2.05, 4.69) is 9.60 Å². The van der Waals surface area contributed by atoms with Crippen molar-refractivity contribution in [2.45, 2.75) is 38.3 Å². The molecule has 2 rings (SSSR count). The molecule has 0 aromatic rings. The number of rotatable bonds is 6. The molecule has 3 amide bonds. The number of hydrogen-bond donors (Lipinski definition) is 2. The average molecular weight is 335 g/mol. The Balaban J connectivity index is 2.02. The molecule has 22 heavy (non-hydrogen) atoms. The van der Waals surface area contributed by atoms with Crippen LogP contribution in [0.15, 0.2) is 0 Å². The van der Waals surface area contributed by atoms with Crippen LogP contribution in [0.5, 0.6) is 0 Å². The van der Waals surface area contributed by atoms with Crippen LogP contribution in [-0.4, -0.2) is 65.8 Å². The van der Waals surface area contributed by atoms with E-state index in [1.165, 1.54) is 4.90 Å². The Morgan fingerprint density at radius 3 is 2.68 bits per heavy atom. The summed E-state index contributed by atoms with van der Waals surface area (Å²) in [5, 5.41) is 3.03. The number of urea groups is 1. The van der Waals surface area contributed by atoms with Crippen molar-refractivity contribution in [1.29, 1.82) is 0 Å². The predicted molar refractivity (Wildman–Crippen MR) is 71.7 cm³/mol. The van der Waals surface area contributed by atoms with Crippen LogP contribution in [0, 0.1) is 0 Å². The van der Waals surface area contributed by atoms with E-state index < -0.39 is 34.4 Å². The summed E-state index contributed by atoms with van der Waals surface area (Å²) in [6.07, 6.45) is 0.955. The topological polar surface area (TPSA) is 133 Å². The lowest BCUT2D eigenvalue weighted by atomic mass is 10.0. The van der Waals surface area contributed by atoms with Crippen LogP contribution < -0.4 is 5.32 Å².